The summed E-state index contributed by atoms with van der Waals surface area (Å²) in [6.45, 7) is 2.66. The molecule has 1 heterocycles. The molecule has 8 heteroatoms. The van der Waals surface area contributed by atoms with Crippen LogP contribution in [0.3, 0.4) is 0 Å². The summed E-state index contributed by atoms with van der Waals surface area (Å²) in [5.41, 5.74) is 6.63. The predicted molar refractivity (Wildman–Crippen MR) is 81.7 cm³/mol. The van der Waals surface area contributed by atoms with Gasteiger partial charge in [0, 0.05) is 18.4 Å². The number of rotatable bonds is 7. The molecule has 0 unspecified atom stereocenters. The van der Waals surface area contributed by atoms with E-state index in [9.17, 15) is 8.42 Å². The van der Waals surface area contributed by atoms with Crippen LogP contribution in [0.4, 0.5) is 11.4 Å². The third-order valence-electron chi connectivity index (χ3n) is 2.73. The Bertz CT molecular complexity index is 680. The summed E-state index contributed by atoms with van der Waals surface area (Å²) < 4.78 is 33.3. The van der Waals surface area contributed by atoms with E-state index in [0.717, 1.165) is 0 Å². The third kappa shape index (κ3) is 4.67. The Kier molecular flexibility index (Phi) is 4.69. The van der Waals surface area contributed by atoms with Crippen molar-refractivity contribution in [1.29, 1.82) is 0 Å². The number of hydrogen-bond acceptors (Lipinski definition) is 5. The van der Waals surface area contributed by atoms with E-state index in [0.29, 0.717) is 23.7 Å². The SMILES string of the molecule is CCn1cc(NS(=O)(=O)CCOc2ccc(N)cc2)cn1. The molecule has 0 aliphatic carbocycles. The quantitative estimate of drug-likeness (QED) is 0.751. The molecule has 1 aromatic heterocycles. The van der Waals surface area contributed by atoms with Gasteiger partial charge in [-0.3, -0.25) is 9.40 Å². The maximum atomic E-state index is 11.9. The molecule has 0 bridgehead atoms. The third-order valence-corrected chi connectivity index (χ3v) is 3.98. The predicted octanol–water partition coefficient (Wildman–Crippen LogP) is 1.31. The number of aromatic nitrogens is 2. The summed E-state index contributed by atoms with van der Waals surface area (Å²) in [6, 6.07) is 6.78. The summed E-state index contributed by atoms with van der Waals surface area (Å²) in [7, 11) is -3.46. The topological polar surface area (TPSA) is 99.2 Å². The van der Waals surface area contributed by atoms with Crippen LogP contribution in [0, 0.1) is 0 Å². The highest BCUT2D eigenvalue weighted by molar-refractivity contribution is 7.92. The molecule has 2 rings (SSSR count). The molecule has 0 saturated carbocycles. The molecule has 0 aliphatic rings. The number of hydrogen-bond donors (Lipinski definition) is 2. The summed E-state index contributed by atoms with van der Waals surface area (Å²) in [4.78, 5) is 0. The minimum atomic E-state index is -3.46. The van der Waals surface area contributed by atoms with Crippen molar-refractivity contribution in [3.63, 3.8) is 0 Å². The number of nitrogens with one attached hydrogen (secondary N) is 1. The van der Waals surface area contributed by atoms with Gasteiger partial charge in [-0.2, -0.15) is 5.10 Å². The van der Waals surface area contributed by atoms with Gasteiger partial charge in [0.2, 0.25) is 10.0 Å². The molecule has 0 spiro atoms. The van der Waals surface area contributed by atoms with Crippen molar-refractivity contribution < 1.29 is 13.2 Å². The highest BCUT2D eigenvalue weighted by atomic mass is 32.2. The molecule has 114 valence electrons. The van der Waals surface area contributed by atoms with Gasteiger partial charge < -0.3 is 10.5 Å². The molecular weight excluding hydrogens is 292 g/mol. The first-order valence-corrected chi connectivity index (χ1v) is 8.15. The number of benzene rings is 1. The van der Waals surface area contributed by atoms with E-state index in [2.05, 4.69) is 9.82 Å². The second kappa shape index (κ2) is 6.49. The Morgan fingerprint density at radius 1 is 1.33 bits per heavy atom. The van der Waals surface area contributed by atoms with E-state index in [4.69, 9.17) is 10.5 Å². The van der Waals surface area contributed by atoms with Crippen molar-refractivity contribution in [3.8, 4) is 5.75 Å². The lowest BCUT2D eigenvalue weighted by molar-refractivity contribution is 0.341. The van der Waals surface area contributed by atoms with Crippen molar-refractivity contribution in [1.82, 2.24) is 9.78 Å². The molecule has 0 fully saturated rings. The van der Waals surface area contributed by atoms with Crippen LogP contribution in [-0.2, 0) is 16.6 Å². The highest BCUT2D eigenvalue weighted by Crippen LogP contribution is 2.13. The molecule has 0 saturated heterocycles. The average molecular weight is 310 g/mol. The lowest BCUT2D eigenvalue weighted by atomic mass is 10.3. The van der Waals surface area contributed by atoms with Gasteiger partial charge in [-0.15, -0.1) is 0 Å². The van der Waals surface area contributed by atoms with Gasteiger partial charge in [-0.25, -0.2) is 8.42 Å². The second-order valence-corrected chi connectivity index (χ2v) is 6.27. The zero-order valence-corrected chi connectivity index (χ0v) is 12.5. The Morgan fingerprint density at radius 3 is 2.67 bits per heavy atom. The molecule has 21 heavy (non-hydrogen) atoms. The largest absolute Gasteiger partial charge is 0.492 e. The van der Waals surface area contributed by atoms with Crippen LogP contribution < -0.4 is 15.2 Å². The highest BCUT2D eigenvalue weighted by Gasteiger charge is 2.12. The fourth-order valence-electron chi connectivity index (χ4n) is 1.65. The maximum Gasteiger partial charge on any atom is 0.236 e. The van der Waals surface area contributed by atoms with Gasteiger partial charge in [0.1, 0.15) is 18.1 Å². The molecule has 0 atom stereocenters. The van der Waals surface area contributed by atoms with Crippen LogP contribution in [0.1, 0.15) is 6.92 Å². The number of nitrogens with zero attached hydrogens (tertiary/aromatic N) is 2. The van der Waals surface area contributed by atoms with Gasteiger partial charge in [-0.05, 0) is 31.2 Å². The van der Waals surface area contributed by atoms with Crippen LogP contribution >= 0.6 is 0 Å². The molecule has 0 amide bonds. The lowest BCUT2D eigenvalue weighted by Gasteiger charge is -2.08. The Morgan fingerprint density at radius 2 is 2.05 bits per heavy atom. The standard InChI is InChI=1S/C13H18N4O3S/c1-2-17-10-12(9-15-17)16-21(18,19)8-7-20-13-5-3-11(14)4-6-13/h3-6,9-10,16H,2,7-8,14H2,1H3. The van der Waals surface area contributed by atoms with E-state index in [1.54, 1.807) is 35.1 Å². The maximum absolute atomic E-state index is 11.9. The summed E-state index contributed by atoms with van der Waals surface area (Å²) in [5, 5.41) is 4.00. The monoisotopic (exact) mass is 310 g/mol. The first-order chi connectivity index (χ1) is 9.98. The molecule has 3 N–H and O–H groups in total. The molecular formula is C13H18N4O3S. The summed E-state index contributed by atoms with van der Waals surface area (Å²) >= 11 is 0. The fourth-order valence-corrected chi connectivity index (χ4v) is 2.52. The molecule has 0 aliphatic heterocycles. The Balaban J connectivity index is 1.85. The molecule has 7 nitrogen and oxygen atoms in total. The van der Waals surface area contributed by atoms with Crippen LogP contribution in [0.15, 0.2) is 36.7 Å². The van der Waals surface area contributed by atoms with Crippen molar-refractivity contribution in [2.75, 3.05) is 22.8 Å². The number of nitrogens with two attached hydrogens (primary N) is 1. The Hall–Kier alpha value is -2.22. The van der Waals surface area contributed by atoms with Gasteiger partial charge in [0.05, 0.1) is 11.9 Å². The molecule has 0 radical (unpaired) electrons. The van der Waals surface area contributed by atoms with Gasteiger partial charge in [0.15, 0.2) is 0 Å². The number of sulfonamides is 1. The van der Waals surface area contributed by atoms with E-state index in [1.807, 2.05) is 6.92 Å². The van der Waals surface area contributed by atoms with E-state index in [1.165, 1.54) is 6.20 Å². The minimum Gasteiger partial charge on any atom is -0.492 e. The summed E-state index contributed by atoms with van der Waals surface area (Å²) in [6.07, 6.45) is 3.11. The number of anilines is 2. The van der Waals surface area contributed by atoms with Crippen molar-refractivity contribution in [2.45, 2.75) is 13.5 Å². The van der Waals surface area contributed by atoms with Crippen molar-refractivity contribution in [2.24, 2.45) is 0 Å². The van der Waals surface area contributed by atoms with Crippen LogP contribution in [0.5, 0.6) is 5.75 Å². The zero-order valence-electron chi connectivity index (χ0n) is 11.7. The number of ether oxygens (including phenoxy) is 1. The van der Waals surface area contributed by atoms with Crippen LogP contribution in [-0.4, -0.2) is 30.6 Å². The van der Waals surface area contributed by atoms with Crippen LogP contribution in [0.2, 0.25) is 0 Å². The van der Waals surface area contributed by atoms with E-state index in [-0.39, 0.29) is 12.4 Å². The smallest absolute Gasteiger partial charge is 0.236 e. The fraction of sp³-hybridized carbons (Fsp3) is 0.308. The van der Waals surface area contributed by atoms with E-state index < -0.39 is 10.0 Å². The number of aryl methyl sites for hydroxylation is 1. The van der Waals surface area contributed by atoms with Gasteiger partial charge >= 0.3 is 0 Å². The van der Waals surface area contributed by atoms with Crippen molar-refractivity contribution >= 4 is 21.4 Å². The van der Waals surface area contributed by atoms with Crippen LogP contribution in [0.25, 0.3) is 0 Å². The summed E-state index contributed by atoms with van der Waals surface area (Å²) in [5.74, 6) is 0.438. The van der Waals surface area contributed by atoms with Crippen molar-refractivity contribution in [3.05, 3.63) is 36.7 Å². The minimum absolute atomic E-state index is 0.0567. The average Bonchev–Trinajstić information content (AvgIpc) is 2.87. The number of nitrogen functional groups attached to an aromatic ring is 1. The second-order valence-electron chi connectivity index (χ2n) is 4.42. The molecule has 2 aromatic rings. The van der Waals surface area contributed by atoms with Gasteiger partial charge in [-0.1, -0.05) is 0 Å². The first-order valence-electron chi connectivity index (χ1n) is 6.50. The zero-order chi connectivity index (χ0) is 15.3. The lowest BCUT2D eigenvalue weighted by Crippen LogP contribution is -2.21. The van der Waals surface area contributed by atoms with Gasteiger partial charge in [0.25, 0.3) is 0 Å². The normalized spacial score (nSPS) is 11.3. The van der Waals surface area contributed by atoms with E-state index >= 15 is 0 Å². The molecule has 1 aromatic carbocycles. The Labute approximate surface area is 123 Å². The first kappa shape index (κ1) is 15.2.